The molecule has 1 heterocycles. The molecule has 0 aromatic heterocycles. The van der Waals surface area contributed by atoms with Gasteiger partial charge >= 0.3 is 0 Å². The second-order valence-electron chi connectivity index (χ2n) is 5.40. The minimum atomic E-state index is -3.82. The van der Waals surface area contributed by atoms with Crippen LogP contribution in [0.15, 0.2) is 23.1 Å². The van der Waals surface area contributed by atoms with Crippen LogP contribution in [0.2, 0.25) is 0 Å². The second kappa shape index (κ2) is 8.37. The zero-order valence-corrected chi connectivity index (χ0v) is 14.6. The summed E-state index contributed by atoms with van der Waals surface area (Å²) in [5.41, 5.74) is -0.364. The number of benzene rings is 1. The Hall–Kier alpha value is -2.04. The third-order valence-corrected chi connectivity index (χ3v) is 5.47. The molecule has 0 aliphatic carbocycles. The third kappa shape index (κ3) is 4.97. The Balaban J connectivity index is 2.13. The Morgan fingerprint density at radius 1 is 1.20 bits per heavy atom. The summed E-state index contributed by atoms with van der Waals surface area (Å²) in [6, 6.07) is 3.11. The minimum absolute atomic E-state index is 0.0955. The van der Waals surface area contributed by atoms with Crippen LogP contribution in [-0.4, -0.2) is 63.9 Å². The minimum Gasteiger partial charge on any atom is -0.379 e. The van der Waals surface area contributed by atoms with E-state index < -0.39 is 21.7 Å². The summed E-state index contributed by atoms with van der Waals surface area (Å²) in [5, 5.41) is 4.92. The molecule has 2 N–H and O–H groups in total. The van der Waals surface area contributed by atoms with Crippen molar-refractivity contribution < 1.29 is 27.1 Å². The number of morpholine rings is 1. The van der Waals surface area contributed by atoms with E-state index >= 15 is 0 Å². The van der Waals surface area contributed by atoms with Crippen molar-refractivity contribution in [2.45, 2.75) is 11.8 Å². The van der Waals surface area contributed by atoms with Crippen molar-refractivity contribution in [3.05, 3.63) is 29.6 Å². The van der Waals surface area contributed by atoms with Crippen molar-refractivity contribution >= 4 is 21.8 Å². The van der Waals surface area contributed by atoms with Crippen LogP contribution >= 0.6 is 0 Å². The van der Waals surface area contributed by atoms with Crippen LogP contribution < -0.4 is 10.6 Å². The van der Waals surface area contributed by atoms with E-state index in [0.717, 1.165) is 18.2 Å². The van der Waals surface area contributed by atoms with Gasteiger partial charge in [0, 0.05) is 33.1 Å². The average molecular weight is 373 g/mol. The molecule has 1 aliphatic heterocycles. The second-order valence-corrected chi connectivity index (χ2v) is 7.33. The number of rotatable bonds is 6. The lowest BCUT2D eigenvalue weighted by Gasteiger charge is -2.26. The van der Waals surface area contributed by atoms with E-state index in [1.807, 2.05) is 0 Å². The Morgan fingerprint density at radius 3 is 2.48 bits per heavy atom. The third-order valence-electron chi connectivity index (χ3n) is 3.57. The number of amides is 2. The molecule has 1 aromatic rings. The summed E-state index contributed by atoms with van der Waals surface area (Å²) in [7, 11) is -3.82. The van der Waals surface area contributed by atoms with Gasteiger partial charge in [0.05, 0.1) is 23.7 Å². The first-order valence-electron chi connectivity index (χ1n) is 7.72. The number of hydrogen-bond acceptors (Lipinski definition) is 5. The number of halogens is 1. The largest absolute Gasteiger partial charge is 0.379 e. The fourth-order valence-corrected chi connectivity index (χ4v) is 3.72. The quantitative estimate of drug-likeness (QED) is 0.667. The molecule has 0 saturated carbocycles. The van der Waals surface area contributed by atoms with Crippen LogP contribution in [-0.2, 0) is 19.6 Å². The maximum atomic E-state index is 13.9. The summed E-state index contributed by atoms with van der Waals surface area (Å²) < 4.78 is 45.4. The average Bonchev–Trinajstić information content (AvgIpc) is 2.59. The van der Waals surface area contributed by atoms with Gasteiger partial charge in [-0.15, -0.1) is 0 Å². The molecule has 0 unspecified atom stereocenters. The van der Waals surface area contributed by atoms with Crippen molar-refractivity contribution in [1.82, 2.24) is 14.9 Å². The molecule has 0 atom stereocenters. The molecule has 0 radical (unpaired) electrons. The lowest BCUT2D eigenvalue weighted by Crippen LogP contribution is -2.40. The molecule has 2 rings (SSSR count). The Morgan fingerprint density at radius 2 is 1.84 bits per heavy atom. The highest BCUT2D eigenvalue weighted by Gasteiger charge is 2.27. The lowest BCUT2D eigenvalue weighted by molar-refractivity contribution is -0.118. The van der Waals surface area contributed by atoms with E-state index in [1.165, 1.54) is 11.2 Å². The van der Waals surface area contributed by atoms with Gasteiger partial charge in [0.15, 0.2) is 0 Å². The zero-order valence-electron chi connectivity index (χ0n) is 13.7. The number of carbonyl (C=O) groups is 2. The van der Waals surface area contributed by atoms with Gasteiger partial charge in [-0.25, -0.2) is 12.8 Å². The number of ether oxygens (including phenoxy) is 1. The van der Waals surface area contributed by atoms with Gasteiger partial charge in [0.2, 0.25) is 15.9 Å². The highest BCUT2D eigenvalue weighted by Crippen LogP contribution is 2.20. The lowest BCUT2D eigenvalue weighted by atomic mass is 10.2. The number of nitrogens with zero attached hydrogens (tertiary/aromatic N) is 1. The molecular weight excluding hydrogens is 353 g/mol. The van der Waals surface area contributed by atoms with Crippen LogP contribution in [0.3, 0.4) is 0 Å². The summed E-state index contributed by atoms with van der Waals surface area (Å²) >= 11 is 0. The molecule has 8 nitrogen and oxygen atoms in total. The Kier molecular flexibility index (Phi) is 6.45. The number of sulfonamides is 1. The van der Waals surface area contributed by atoms with Gasteiger partial charge in [-0.05, 0) is 18.2 Å². The van der Waals surface area contributed by atoms with Crippen molar-refractivity contribution in [2.24, 2.45) is 0 Å². The monoisotopic (exact) mass is 373 g/mol. The fraction of sp³-hybridized carbons (Fsp3) is 0.467. The molecular formula is C15H20FN3O5S. The van der Waals surface area contributed by atoms with E-state index in [9.17, 15) is 22.4 Å². The van der Waals surface area contributed by atoms with E-state index in [4.69, 9.17) is 4.74 Å². The first kappa shape index (κ1) is 19.3. The maximum absolute atomic E-state index is 13.9. The molecule has 1 aliphatic rings. The van der Waals surface area contributed by atoms with Crippen LogP contribution in [0.4, 0.5) is 4.39 Å². The van der Waals surface area contributed by atoms with Gasteiger partial charge in [0.1, 0.15) is 5.82 Å². The molecule has 0 spiro atoms. The normalized spacial score (nSPS) is 15.6. The fourth-order valence-electron chi connectivity index (χ4n) is 2.28. The van der Waals surface area contributed by atoms with Crippen molar-refractivity contribution in [1.29, 1.82) is 0 Å². The molecule has 1 fully saturated rings. The van der Waals surface area contributed by atoms with Gasteiger partial charge < -0.3 is 15.4 Å². The van der Waals surface area contributed by atoms with Crippen LogP contribution in [0.1, 0.15) is 17.3 Å². The van der Waals surface area contributed by atoms with E-state index in [0.29, 0.717) is 0 Å². The highest BCUT2D eigenvalue weighted by atomic mass is 32.2. The molecule has 1 saturated heterocycles. The molecule has 138 valence electrons. The summed E-state index contributed by atoms with van der Waals surface area (Å²) in [6.45, 7) is 2.61. The van der Waals surface area contributed by atoms with Crippen molar-refractivity contribution in [3.63, 3.8) is 0 Å². The van der Waals surface area contributed by atoms with Gasteiger partial charge in [0.25, 0.3) is 5.91 Å². The molecule has 1 aromatic carbocycles. The van der Waals surface area contributed by atoms with Gasteiger partial charge in [-0.3, -0.25) is 9.59 Å². The van der Waals surface area contributed by atoms with E-state index in [-0.39, 0.29) is 55.8 Å². The Bertz CT molecular complexity index is 748. The molecule has 10 heteroatoms. The first-order chi connectivity index (χ1) is 11.8. The van der Waals surface area contributed by atoms with Crippen LogP contribution in [0, 0.1) is 5.82 Å². The molecule has 0 bridgehead atoms. The zero-order chi connectivity index (χ0) is 18.4. The number of carbonyl (C=O) groups excluding carboxylic acids is 2. The SMILES string of the molecule is CC(=O)NCCNC(=O)c1cc(S(=O)(=O)N2CCOCC2)ccc1F. The standard InChI is InChI=1S/C15H20FN3O5S/c1-11(20)17-4-5-18-15(21)13-10-12(2-3-14(13)16)25(22,23)19-6-8-24-9-7-19/h2-3,10H,4-9H2,1H3,(H,17,20)(H,18,21). The highest BCUT2D eigenvalue weighted by molar-refractivity contribution is 7.89. The topological polar surface area (TPSA) is 105 Å². The van der Waals surface area contributed by atoms with E-state index in [1.54, 1.807) is 0 Å². The van der Waals surface area contributed by atoms with Crippen molar-refractivity contribution in [3.8, 4) is 0 Å². The van der Waals surface area contributed by atoms with Gasteiger partial charge in [-0.2, -0.15) is 4.31 Å². The Labute approximate surface area is 145 Å². The first-order valence-corrected chi connectivity index (χ1v) is 9.16. The molecule has 25 heavy (non-hydrogen) atoms. The van der Waals surface area contributed by atoms with Gasteiger partial charge in [-0.1, -0.05) is 0 Å². The summed E-state index contributed by atoms with van der Waals surface area (Å²) in [5.74, 6) is -1.82. The van der Waals surface area contributed by atoms with Crippen LogP contribution in [0.25, 0.3) is 0 Å². The predicted octanol–water partition coefficient (Wildman–Crippen LogP) is -0.287. The summed E-state index contributed by atoms with van der Waals surface area (Å²) in [4.78, 5) is 22.7. The maximum Gasteiger partial charge on any atom is 0.254 e. The van der Waals surface area contributed by atoms with Crippen LogP contribution in [0.5, 0.6) is 0 Å². The van der Waals surface area contributed by atoms with Crippen molar-refractivity contribution in [2.75, 3.05) is 39.4 Å². The summed E-state index contributed by atoms with van der Waals surface area (Å²) in [6.07, 6.45) is 0. The van der Waals surface area contributed by atoms with E-state index in [2.05, 4.69) is 10.6 Å². The number of hydrogen-bond donors (Lipinski definition) is 2. The number of nitrogens with one attached hydrogen (secondary N) is 2. The molecule has 2 amide bonds. The smallest absolute Gasteiger partial charge is 0.254 e. The predicted molar refractivity (Wildman–Crippen MR) is 87.0 cm³/mol.